The molecule has 0 fully saturated rings. The Morgan fingerprint density at radius 1 is 0.383 bits per heavy atom. The number of halogens is 1. The molecule has 2 aliphatic heterocycles. The summed E-state index contributed by atoms with van der Waals surface area (Å²) in [5, 5.41) is 0.498. The molecule has 8 rings (SSSR count). The largest absolute Gasteiger partial charge is 0.244 e. The molecule has 7 heteroatoms. The first kappa shape index (κ1) is 28.6. The number of benzene rings is 5. The number of hydrogen-bond acceptors (Lipinski definition) is 6. The maximum absolute atomic E-state index is 7.15. The fourth-order valence-electron chi connectivity index (χ4n) is 6.27. The van der Waals surface area contributed by atoms with Gasteiger partial charge < -0.3 is 0 Å². The number of aromatic nitrogens is 2. The molecular weight excluding hydrogens is 600 g/mol. The lowest BCUT2D eigenvalue weighted by Gasteiger charge is -2.38. The molecule has 224 valence electrons. The number of rotatable bonds is 7. The van der Waals surface area contributed by atoms with Gasteiger partial charge in [-0.25, -0.2) is 29.9 Å². The van der Waals surface area contributed by atoms with Crippen LogP contribution in [0.4, 0.5) is 0 Å². The van der Waals surface area contributed by atoms with E-state index in [-0.39, 0.29) is 0 Å². The van der Waals surface area contributed by atoms with Gasteiger partial charge in [0.05, 0.1) is 22.8 Å². The van der Waals surface area contributed by atoms with E-state index in [1.165, 1.54) is 6.33 Å². The molecule has 47 heavy (non-hydrogen) atoms. The summed E-state index contributed by atoms with van der Waals surface area (Å²) in [5.41, 5.74) is 4.87. The van der Waals surface area contributed by atoms with E-state index < -0.39 is 11.3 Å². The van der Waals surface area contributed by atoms with Gasteiger partial charge in [0, 0.05) is 50.8 Å². The highest BCUT2D eigenvalue weighted by molar-refractivity contribution is 6.56. The van der Waals surface area contributed by atoms with Crippen LogP contribution in [0.3, 0.4) is 0 Å². The van der Waals surface area contributed by atoms with Gasteiger partial charge in [-0.3, -0.25) is 0 Å². The van der Waals surface area contributed by atoms with Crippen LogP contribution in [0.2, 0.25) is 5.02 Å². The molecule has 0 amide bonds. The second-order valence-electron chi connectivity index (χ2n) is 11.3. The average Bonchev–Trinajstić information content (AvgIpc) is 3.76. The monoisotopic (exact) mass is 626 g/mol. The van der Waals surface area contributed by atoms with Crippen LogP contribution in [0.1, 0.15) is 33.4 Å². The van der Waals surface area contributed by atoms with E-state index in [0.29, 0.717) is 39.0 Å². The average molecular weight is 627 g/mol. The summed E-state index contributed by atoms with van der Waals surface area (Å²) in [4.78, 5) is 31.4. The number of hydrogen-bond donors (Lipinski definition) is 0. The Hall–Kier alpha value is -5.85. The number of aliphatic imine (C=N–C) groups is 4. The van der Waals surface area contributed by atoms with Gasteiger partial charge in [0.1, 0.15) is 6.33 Å². The van der Waals surface area contributed by atoms with Gasteiger partial charge >= 0.3 is 0 Å². The van der Waals surface area contributed by atoms with Crippen molar-refractivity contribution in [3.05, 3.63) is 203 Å². The molecule has 0 bridgehead atoms. The molecule has 0 aliphatic carbocycles. The summed E-state index contributed by atoms with van der Waals surface area (Å²) in [6, 6.07) is 48.0. The van der Waals surface area contributed by atoms with Crippen molar-refractivity contribution in [2.24, 2.45) is 20.0 Å². The van der Waals surface area contributed by atoms with Gasteiger partial charge in [-0.15, -0.1) is 0 Å². The van der Waals surface area contributed by atoms with Gasteiger partial charge in [0.25, 0.3) is 0 Å². The van der Waals surface area contributed by atoms with Gasteiger partial charge in [0.15, 0.2) is 0 Å². The Morgan fingerprint density at radius 3 is 1.11 bits per heavy atom. The molecule has 0 spiro atoms. The summed E-state index contributed by atoms with van der Waals surface area (Å²) >= 11 is 7.15. The van der Waals surface area contributed by atoms with Gasteiger partial charge in [0.2, 0.25) is 11.3 Å². The summed E-state index contributed by atoms with van der Waals surface area (Å²) in [6.07, 6.45) is 5.01. The smallest absolute Gasteiger partial charge is 0.229 e. The van der Waals surface area contributed by atoms with Crippen LogP contribution in [0.25, 0.3) is 0 Å². The van der Waals surface area contributed by atoms with E-state index in [2.05, 4.69) is 9.97 Å². The molecule has 6 nitrogen and oxygen atoms in total. The Kier molecular flexibility index (Phi) is 7.20. The van der Waals surface area contributed by atoms with Crippen molar-refractivity contribution < 1.29 is 0 Å². The predicted octanol–water partition coefficient (Wildman–Crippen LogP) is 8.12. The second-order valence-corrected chi connectivity index (χ2v) is 11.7. The SMILES string of the molecule is Clc1ccccc1C1(C2(c3cncnc3)N=C(c3ccccc3)C(c3ccccc3)=N2)N=C(c2ccccc2)C(c2ccccc2)=N1. The third-order valence-corrected chi connectivity index (χ3v) is 8.76. The normalized spacial score (nSPS) is 16.2. The highest BCUT2D eigenvalue weighted by atomic mass is 35.5. The fraction of sp³-hybridized carbons (Fsp3) is 0.0500. The Bertz CT molecular complexity index is 2070. The molecule has 1 aromatic heterocycles. The molecule has 0 atom stereocenters. The minimum Gasteiger partial charge on any atom is -0.244 e. The number of nitrogens with zero attached hydrogens (tertiary/aromatic N) is 6. The van der Waals surface area contributed by atoms with E-state index >= 15 is 0 Å². The standard InChI is InChI=1S/C40H27ClN6/c41-34-24-14-13-23-33(34)40(46-37(30-19-9-3-10-20-30)38(47-40)31-21-11-4-12-22-31)39(32-25-42-27-43-26-32)44-35(28-15-5-1-6-16-28)36(45-39)29-17-7-2-8-18-29/h1-27H. The van der Waals surface area contributed by atoms with Crippen LogP contribution < -0.4 is 0 Å². The summed E-state index contributed by atoms with van der Waals surface area (Å²) in [5.74, 6) is 0. The predicted molar refractivity (Wildman–Crippen MR) is 189 cm³/mol. The fourth-order valence-corrected chi connectivity index (χ4v) is 6.54. The Labute approximate surface area is 277 Å². The first-order valence-corrected chi connectivity index (χ1v) is 15.7. The van der Waals surface area contributed by atoms with Crippen molar-refractivity contribution in [1.82, 2.24) is 9.97 Å². The highest BCUT2D eigenvalue weighted by Crippen LogP contribution is 2.55. The summed E-state index contributed by atoms with van der Waals surface area (Å²) in [6.45, 7) is 0. The first-order valence-electron chi connectivity index (χ1n) is 15.3. The van der Waals surface area contributed by atoms with Crippen LogP contribution in [-0.4, -0.2) is 32.8 Å². The van der Waals surface area contributed by atoms with Crippen LogP contribution in [-0.2, 0) is 11.3 Å². The zero-order valence-electron chi connectivity index (χ0n) is 25.1. The van der Waals surface area contributed by atoms with Crippen molar-refractivity contribution in [2.75, 3.05) is 0 Å². The molecule has 0 saturated heterocycles. The van der Waals surface area contributed by atoms with Crippen LogP contribution >= 0.6 is 11.6 Å². The van der Waals surface area contributed by atoms with Crippen molar-refractivity contribution in [3.63, 3.8) is 0 Å². The zero-order chi connectivity index (χ0) is 31.7. The van der Waals surface area contributed by atoms with E-state index in [1.807, 2.05) is 146 Å². The lowest BCUT2D eigenvalue weighted by atomic mass is 9.83. The van der Waals surface area contributed by atoms with E-state index in [9.17, 15) is 0 Å². The van der Waals surface area contributed by atoms with E-state index in [1.54, 1.807) is 12.4 Å². The van der Waals surface area contributed by atoms with Gasteiger partial charge in [-0.05, 0) is 6.07 Å². The van der Waals surface area contributed by atoms with E-state index in [4.69, 9.17) is 31.6 Å². The molecule has 5 aromatic carbocycles. The minimum absolute atomic E-state index is 0.498. The summed E-state index contributed by atoms with van der Waals surface area (Å²) in [7, 11) is 0. The van der Waals surface area contributed by atoms with Crippen molar-refractivity contribution in [3.8, 4) is 0 Å². The van der Waals surface area contributed by atoms with Crippen molar-refractivity contribution in [1.29, 1.82) is 0 Å². The lowest BCUT2D eigenvalue weighted by molar-refractivity contribution is 0.256. The molecule has 0 N–H and O–H groups in total. The molecule has 2 aliphatic rings. The maximum Gasteiger partial charge on any atom is 0.229 e. The minimum atomic E-state index is -1.48. The quantitative estimate of drug-likeness (QED) is 0.179. The summed E-state index contributed by atoms with van der Waals surface area (Å²) < 4.78 is 0. The Balaban J connectivity index is 1.54. The zero-order valence-corrected chi connectivity index (χ0v) is 25.9. The molecule has 0 radical (unpaired) electrons. The van der Waals surface area contributed by atoms with Crippen LogP contribution in [0.15, 0.2) is 184 Å². The molecule has 6 aromatic rings. The third kappa shape index (κ3) is 4.82. The maximum atomic E-state index is 7.15. The molecular formula is C40H27ClN6. The highest BCUT2D eigenvalue weighted by Gasteiger charge is 2.61. The van der Waals surface area contributed by atoms with Crippen molar-refractivity contribution in [2.45, 2.75) is 11.3 Å². The molecule has 3 heterocycles. The first-order chi connectivity index (χ1) is 23.2. The topological polar surface area (TPSA) is 75.2 Å². The third-order valence-electron chi connectivity index (χ3n) is 8.43. The van der Waals surface area contributed by atoms with Crippen molar-refractivity contribution >= 4 is 34.4 Å². The van der Waals surface area contributed by atoms with Crippen LogP contribution in [0.5, 0.6) is 0 Å². The molecule has 0 unspecified atom stereocenters. The molecule has 0 saturated carbocycles. The lowest BCUT2D eigenvalue weighted by Crippen LogP contribution is -2.43. The van der Waals surface area contributed by atoms with Gasteiger partial charge in [-0.2, -0.15) is 0 Å². The van der Waals surface area contributed by atoms with E-state index in [0.717, 1.165) is 22.3 Å². The van der Waals surface area contributed by atoms with Gasteiger partial charge in [-0.1, -0.05) is 151 Å². The van der Waals surface area contributed by atoms with Crippen LogP contribution in [0, 0.1) is 0 Å². The second kappa shape index (κ2) is 11.8. The Morgan fingerprint density at radius 2 is 0.723 bits per heavy atom.